The van der Waals surface area contributed by atoms with E-state index < -0.39 is 0 Å². The number of phenolic OH excluding ortho intramolecular Hbond substituents is 1. The molecule has 24 heavy (non-hydrogen) atoms. The van der Waals surface area contributed by atoms with E-state index in [2.05, 4.69) is 0 Å². The number of phenols is 1. The van der Waals surface area contributed by atoms with Gasteiger partial charge in [0, 0.05) is 12.1 Å². The zero-order valence-electron chi connectivity index (χ0n) is 12.9. The zero-order chi connectivity index (χ0) is 17.1. The molecule has 1 heterocycles. The molecule has 0 unspecified atom stereocenters. The fourth-order valence-corrected chi connectivity index (χ4v) is 3.03. The second-order valence-corrected chi connectivity index (χ2v) is 6.49. The normalized spacial score (nSPS) is 17.8. The molecule has 1 aliphatic rings. The molecular weight excluding hydrogens is 349 g/mol. The summed E-state index contributed by atoms with van der Waals surface area (Å²) >= 11 is 12.0. The molecule has 1 aliphatic heterocycles. The van der Waals surface area contributed by atoms with Gasteiger partial charge in [-0.15, -0.1) is 0 Å². The zero-order valence-corrected chi connectivity index (χ0v) is 14.4. The molecule has 6 heteroatoms. The van der Waals surface area contributed by atoms with Gasteiger partial charge in [0.15, 0.2) is 0 Å². The highest BCUT2D eigenvalue weighted by molar-refractivity contribution is 6.42. The molecule has 0 bridgehead atoms. The number of aromatic hydroxyl groups is 1. The topological polar surface area (TPSA) is 49.8 Å². The minimum absolute atomic E-state index is 0.0372. The molecule has 1 N–H and O–H groups in total. The Labute approximate surface area is 150 Å². The van der Waals surface area contributed by atoms with Crippen molar-refractivity contribution in [2.45, 2.75) is 12.5 Å². The number of rotatable bonds is 3. The number of ether oxygens (including phenoxy) is 1. The maximum absolute atomic E-state index is 12.5. The van der Waals surface area contributed by atoms with Gasteiger partial charge in [-0.05, 0) is 23.8 Å². The molecule has 4 nitrogen and oxygen atoms in total. The summed E-state index contributed by atoms with van der Waals surface area (Å²) in [6, 6.07) is 12.2. The monoisotopic (exact) mass is 365 g/mol. The lowest BCUT2D eigenvalue weighted by Crippen LogP contribution is -2.43. The van der Waals surface area contributed by atoms with Crippen LogP contribution in [0.4, 0.5) is 0 Å². The van der Waals surface area contributed by atoms with Gasteiger partial charge < -0.3 is 14.7 Å². The Kier molecular flexibility index (Phi) is 5.29. The summed E-state index contributed by atoms with van der Waals surface area (Å²) in [5, 5.41) is 10.8. The maximum atomic E-state index is 12.5. The van der Waals surface area contributed by atoms with Crippen LogP contribution in [-0.4, -0.2) is 35.6 Å². The minimum atomic E-state index is -0.234. The molecule has 0 radical (unpaired) electrons. The molecule has 2 aromatic carbocycles. The van der Waals surface area contributed by atoms with Gasteiger partial charge in [0.1, 0.15) is 11.9 Å². The number of hydrogen-bond donors (Lipinski definition) is 1. The predicted octanol–water partition coefficient (Wildman–Crippen LogP) is 3.84. The molecule has 0 saturated carbocycles. The van der Waals surface area contributed by atoms with Crippen LogP contribution in [0.1, 0.15) is 17.2 Å². The molecule has 1 atom stereocenters. The Morgan fingerprint density at radius 1 is 1.21 bits per heavy atom. The second kappa shape index (κ2) is 7.43. The third-order valence-corrected chi connectivity index (χ3v) is 4.81. The third-order valence-electron chi connectivity index (χ3n) is 4.07. The molecule has 0 spiro atoms. The molecule has 0 aromatic heterocycles. The SMILES string of the molecule is O=C(Cc1ccccc1O)N1CCO[C@@H](c2ccc(Cl)c(Cl)c2)C1. The highest BCUT2D eigenvalue weighted by atomic mass is 35.5. The Balaban J connectivity index is 1.69. The highest BCUT2D eigenvalue weighted by Gasteiger charge is 2.26. The van der Waals surface area contributed by atoms with E-state index in [1.54, 1.807) is 41.3 Å². The lowest BCUT2D eigenvalue weighted by Gasteiger charge is -2.33. The molecule has 3 rings (SSSR count). The first-order valence-electron chi connectivity index (χ1n) is 7.66. The van der Waals surface area contributed by atoms with Crippen LogP contribution in [0.15, 0.2) is 42.5 Å². The molecular formula is C18H17Cl2NO3. The van der Waals surface area contributed by atoms with Crippen molar-refractivity contribution in [2.75, 3.05) is 19.7 Å². The molecule has 1 saturated heterocycles. The fourth-order valence-electron chi connectivity index (χ4n) is 2.73. The van der Waals surface area contributed by atoms with Gasteiger partial charge in [-0.25, -0.2) is 0 Å². The molecule has 0 aliphatic carbocycles. The third kappa shape index (κ3) is 3.83. The summed E-state index contributed by atoms with van der Waals surface area (Å²) in [5.41, 5.74) is 1.52. The number of halogens is 2. The van der Waals surface area contributed by atoms with Gasteiger partial charge in [-0.3, -0.25) is 4.79 Å². The van der Waals surface area contributed by atoms with Gasteiger partial charge in [0.25, 0.3) is 0 Å². The van der Waals surface area contributed by atoms with E-state index in [1.807, 2.05) is 6.07 Å². The summed E-state index contributed by atoms with van der Waals surface area (Å²) in [5.74, 6) is 0.102. The minimum Gasteiger partial charge on any atom is -0.508 e. The van der Waals surface area contributed by atoms with Crippen LogP contribution in [0.3, 0.4) is 0 Å². The average Bonchev–Trinajstić information content (AvgIpc) is 2.59. The van der Waals surface area contributed by atoms with Crippen molar-refractivity contribution in [1.82, 2.24) is 4.90 Å². The standard InChI is InChI=1S/C18H17Cl2NO3/c19-14-6-5-13(9-15(14)20)17-11-21(7-8-24-17)18(23)10-12-3-1-2-4-16(12)22/h1-6,9,17,22H,7-8,10-11H2/t17-/m1/s1. The number of hydrogen-bond acceptors (Lipinski definition) is 3. The summed E-state index contributed by atoms with van der Waals surface area (Å²) in [6.45, 7) is 1.44. The first kappa shape index (κ1) is 17.1. The van der Waals surface area contributed by atoms with Gasteiger partial charge in [-0.2, -0.15) is 0 Å². The number of morpholine rings is 1. The van der Waals surface area contributed by atoms with E-state index in [4.69, 9.17) is 27.9 Å². The van der Waals surface area contributed by atoms with Crippen LogP contribution in [0, 0.1) is 0 Å². The van der Waals surface area contributed by atoms with Crippen LogP contribution < -0.4 is 0 Å². The molecule has 2 aromatic rings. The van der Waals surface area contributed by atoms with Crippen LogP contribution in [0.2, 0.25) is 10.0 Å². The number of nitrogens with zero attached hydrogens (tertiary/aromatic N) is 1. The lowest BCUT2D eigenvalue weighted by molar-refractivity contribution is -0.138. The Morgan fingerprint density at radius 3 is 2.75 bits per heavy atom. The van der Waals surface area contributed by atoms with Crippen molar-refractivity contribution in [3.8, 4) is 5.75 Å². The summed E-state index contributed by atoms with van der Waals surface area (Å²) in [4.78, 5) is 14.3. The largest absolute Gasteiger partial charge is 0.508 e. The summed E-state index contributed by atoms with van der Waals surface area (Å²) in [6.07, 6.45) is -0.0670. The molecule has 126 valence electrons. The average molecular weight is 366 g/mol. The van der Waals surface area contributed by atoms with Crippen molar-refractivity contribution < 1.29 is 14.6 Å². The van der Waals surface area contributed by atoms with E-state index >= 15 is 0 Å². The quantitative estimate of drug-likeness (QED) is 0.898. The van der Waals surface area contributed by atoms with E-state index in [1.165, 1.54) is 0 Å². The smallest absolute Gasteiger partial charge is 0.227 e. The van der Waals surface area contributed by atoms with Crippen LogP contribution in [0.5, 0.6) is 5.75 Å². The first-order chi connectivity index (χ1) is 11.5. The second-order valence-electron chi connectivity index (χ2n) is 5.68. The summed E-state index contributed by atoms with van der Waals surface area (Å²) in [7, 11) is 0. The Bertz CT molecular complexity index is 751. The van der Waals surface area contributed by atoms with Gasteiger partial charge in [0.05, 0.1) is 29.6 Å². The molecule has 1 amide bonds. The van der Waals surface area contributed by atoms with Crippen LogP contribution >= 0.6 is 23.2 Å². The Morgan fingerprint density at radius 2 is 2.00 bits per heavy atom. The lowest BCUT2D eigenvalue weighted by atomic mass is 10.1. The van der Waals surface area contributed by atoms with Crippen molar-refractivity contribution in [2.24, 2.45) is 0 Å². The van der Waals surface area contributed by atoms with Crippen molar-refractivity contribution in [3.05, 3.63) is 63.6 Å². The van der Waals surface area contributed by atoms with Crippen molar-refractivity contribution in [1.29, 1.82) is 0 Å². The first-order valence-corrected chi connectivity index (χ1v) is 8.41. The highest BCUT2D eigenvalue weighted by Crippen LogP contribution is 2.29. The van der Waals surface area contributed by atoms with Gasteiger partial charge in [0.2, 0.25) is 5.91 Å². The van der Waals surface area contributed by atoms with Crippen LogP contribution in [0.25, 0.3) is 0 Å². The summed E-state index contributed by atoms with van der Waals surface area (Å²) < 4.78 is 5.77. The van der Waals surface area contributed by atoms with Crippen molar-refractivity contribution >= 4 is 29.1 Å². The Hall–Kier alpha value is -1.75. The van der Waals surface area contributed by atoms with Gasteiger partial charge >= 0.3 is 0 Å². The predicted molar refractivity (Wildman–Crippen MR) is 93.5 cm³/mol. The number of carbonyl (C=O) groups is 1. The fraction of sp³-hybridized carbons (Fsp3) is 0.278. The van der Waals surface area contributed by atoms with E-state index in [0.29, 0.717) is 35.3 Å². The number of amides is 1. The maximum Gasteiger partial charge on any atom is 0.227 e. The van der Waals surface area contributed by atoms with E-state index in [9.17, 15) is 9.90 Å². The van der Waals surface area contributed by atoms with Crippen LogP contribution in [-0.2, 0) is 16.0 Å². The van der Waals surface area contributed by atoms with Crippen molar-refractivity contribution in [3.63, 3.8) is 0 Å². The number of benzene rings is 2. The van der Waals surface area contributed by atoms with E-state index in [0.717, 1.165) is 5.56 Å². The number of para-hydroxylation sites is 1. The van der Waals surface area contributed by atoms with Gasteiger partial charge in [-0.1, -0.05) is 47.5 Å². The van der Waals surface area contributed by atoms with E-state index in [-0.39, 0.29) is 24.2 Å². The molecule has 1 fully saturated rings. The number of carbonyl (C=O) groups excluding carboxylic acids is 1.